The first kappa shape index (κ1) is 18.0. The van der Waals surface area contributed by atoms with Crippen molar-refractivity contribution in [1.29, 1.82) is 0 Å². The number of halogens is 1. The summed E-state index contributed by atoms with van der Waals surface area (Å²) in [7, 11) is 0. The third kappa shape index (κ3) is 5.30. The number of amides is 1. The van der Waals surface area contributed by atoms with E-state index in [1.165, 1.54) is 11.1 Å². The van der Waals surface area contributed by atoms with E-state index in [1.807, 2.05) is 0 Å². The highest BCUT2D eigenvalue weighted by molar-refractivity contribution is 5.85. The Hall–Kier alpha value is -1.10. The number of aryl methyl sites for hydroxylation is 1. The third-order valence-electron chi connectivity index (χ3n) is 3.78. The molecule has 0 radical (unpaired) electrons. The summed E-state index contributed by atoms with van der Waals surface area (Å²) in [4.78, 5) is 11.5. The molecule has 4 nitrogen and oxygen atoms in total. The van der Waals surface area contributed by atoms with Crippen LogP contribution in [-0.2, 0) is 9.53 Å². The smallest absolute Gasteiger partial charge is 0.221 e. The van der Waals surface area contributed by atoms with Crippen molar-refractivity contribution in [1.82, 2.24) is 5.32 Å². The van der Waals surface area contributed by atoms with Gasteiger partial charge in [0.1, 0.15) is 0 Å². The molecule has 1 aliphatic heterocycles. The van der Waals surface area contributed by atoms with E-state index in [9.17, 15) is 4.79 Å². The molecule has 1 heterocycles. The van der Waals surface area contributed by atoms with Crippen LogP contribution in [0.1, 0.15) is 36.5 Å². The molecule has 5 heteroatoms. The van der Waals surface area contributed by atoms with Crippen LogP contribution in [0.3, 0.4) is 0 Å². The molecule has 1 aromatic rings. The number of carbonyl (C=O) groups excluding carboxylic acids is 1. The molecule has 21 heavy (non-hydrogen) atoms. The highest BCUT2D eigenvalue weighted by atomic mass is 35.5. The van der Waals surface area contributed by atoms with Gasteiger partial charge in [-0.25, -0.2) is 0 Å². The second-order valence-electron chi connectivity index (χ2n) is 5.45. The Morgan fingerprint density at radius 1 is 1.38 bits per heavy atom. The number of hydrogen-bond acceptors (Lipinski definition) is 3. The normalized spacial score (nSPS) is 21.4. The van der Waals surface area contributed by atoms with Gasteiger partial charge in [0.2, 0.25) is 5.91 Å². The van der Waals surface area contributed by atoms with Crippen molar-refractivity contribution in [3.05, 3.63) is 35.4 Å². The molecule has 1 aromatic carbocycles. The molecule has 2 unspecified atom stereocenters. The Morgan fingerprint density at radius 3 is 2.76 bits per heavy atom. The van der Waals surface area contributed by atoms with Crippen LogP contribution in [0.2, 0.25) is 0 Å². The van der Waals surface area contributed by atoms with Crippen LogP contribution in [0.25, 0.3) is 0 Å². The molecule has 0 bridgehead atoms. The van der Waals surface area contributed by atoms with E-state index in [2.05, 4.69) is 36.5 Å². The van der Waals surface area contributed by atoms with Crippen molar-refractivity contribution >= 4 is 18.3 Å². The van der Waals surface area contributed by atoms with Gasteiger partial charge >= 0.3 is 0 Å². The van der Waals surface area contributed by atoms with Crippen molar-refractivity contribution in [3.63, 3.8) is 0 Å². The Bertz CT molecular complexity index is 436. The second-order valence-corrected chi connectivity index (χ2v) is 5.45. The molecule has 0 saturated carbocycles. The largest absolute Gasteiger partial charge is 0.373 e. The summed E-state index contributed by atoms with van der Waals surface area (Å²) in [5.41, 5.74) is 7.83. The zero-order chi connectivity index (χ0) is 14.4. The van der Waals surface area contributed by atoms with Gasteiger partial charge in [-0.3, -0.25) is 4.79 Å². The molecule has 1 fully saturated rings. The number of carbonyl (C=O) groups is 1. The summed E-state index contributed by atoms with van der Waals surface area (Å²) >= 11 is 0. The minimum absolute atomic E-state index is 0. The van der Waals surface area contributed by atoms with Gasteiger partial charge < -0.3 is 15.8 Å². The summed E-state index contributed by atoms with van der Waals surface area (Å²) < 4.78 is 5.93. The van der Waals surface area contributed by atoms with E-state index in [-0.39, 0.29) is 24.4 Å². The van der Waals surface area contributed by atoms with Crippen LogP contribution in [0.15, 0.2) is 24.3 Å². The summed E-state index contributed by atoms with van der Waals surface area (Å²) in [6.45, 7) is 3.94. The minimum atomic E-state index is 0. The molecular formula is C16H25ClN2O2. The zero-order valence-electron chi connectivity index (χ0n) is 12.5. The Kier molecular flexibility index (Phi) is 7.72. The van der Waals surface area contributed by atoms with Crippen molar-refractivity contribution in [2.45, 2.75) is 32.3 Å². The number of nitrogens with two attached hydrogens (primary N) is 1. The van der Waals surface area contributed by atoms with E-state index < -0.39 is 0 Å². The molecule has 2 atom stereocenters. The van der Waals surface area contributed by atoms with E-state index in [0.717, 1.165) is 19.4 Å². The summed E-state index contributed by atoms with van der Waals surface area (Å²) in [6.07, 6.45) is 2.62. The van der Waals surface area contributed by atoms with Crippen LogP contribution in [-0.4, -0.2) is 25.6 Å². The van der Waals surface area contributed by atoms with Gasteiger partial charge in [0.05, 0.1) is 6.10 Å². The Balaban J connectivity index is 0.00000220. The third-order valence-corrected chi connectivity index (χ3v) is 3.78. The van der Waals surface area contributed by atoms with E-state index in [0.29, 0.717) is 25.4 Å². The second kappa shape index (κ2) is 9.03. The summed E-state index contributed by atoms with van der Waals surface area (Å²) in [5, 5.41) is 2.97. The van der Waals surface area contributed by atoms with Gasteiger partial charge in [0.15, 0.2) is 0 Å². The first-order valence-electron chi connectivity index (χ1n) is 7.35. The van der Waals surface area contributed by atoms with E-state index >= 15 is 0 Å². The van der Waals surface area contributed by atoms with Gasteiger partial charge in [-0.2, -0.15) is 0 Å². The van der Waals surface area contributed by atoms with Gasteiger partial charge in [-0.05, 0) is 25.3 Å². The lowest BCUT2D eigenvalue weighted by atomic mass is 9.89. The maximum atomic E-state index is 11.5. The highest BCUT2D eigenvalue weighted by Crippen LogP contribution is 2.33. The lowest BCUT2D eigenvalue weighted by molar-refractivity contribution is -0.121. The minimum Gasteiger partial charge on any atom is -0.373 e. The van der Waals surface area contributed by atoms with Crippen LogP contribution in [0.5, 0.6) is 0 Å². The summed E-state index contributed by atoms with van der Waals surface area (Å²) in [6, 6.07) is 8.47. The summed E-state index contributed by atoms with van der Waals surface area (Å²) in [5.74, 6) is 0.369. The van der Waals surface area contributed by atoms with Crippen LogP contribution >= 0.6 is 12.4 Å². The number of nitrogens with one attached hydrogen (secondary N) is 1. The number of ether oxygens (including phenoxy) is 1. The molecule has 1 saturated heterocycles. The van der Waals surface area contributed by atoms with Crippen LogP contribution < -0.4 is 11.1 Å². The quantitative estimate of drug-likeness (QED) is 0.877. The maximum absolute atomic E-state index is 11.5. The van der Waals surface area contributed by atoms with Crippen molar-refractivity contribution in [2.75, 3.05) is 19.7 Å². The van der Waals surface area contributed by atoms with Gasteiger partial charge in [-0.15, -0.1) is 12.4 Å². The molecule has 1 aliphatic rings. The predicted molar refractivity (Wildman–Crippen MR) is 86.5 cm³/mol. The monoisotopic (exact) mass is 312 g/mol. The average molecular weight is 313 g/mol. The van der Waals surface area contributed by atoms with E-state index in [1.54, 1.807) is 0 Å². The maximum Gasteiger partial charge on any atom is 0.221 e. The van der Waals surface area contributed by atoms with Crippen molar-refractivity contribution in [2.24, 2.45) is 11.7 Å². The Morgan fingerprint density at radius 2 is 2.10 bits per heavy atom. The molecule has 118 valence electrons. The van der Waals surface area contributed by atoms with Gasteiger partial charge in [0, 0.05) is 32.0 Å². The Labute approximate surface area is 132 Å². The van der Waals surface area contributed by atoms with Gasteiger partial charge in [-0.1, -0.05) is 29.8 Å². The van der Waals surface area contributed by atoms with E-state index in [4.69, 9.17) is 10.5 Å². The van der Waals surface area contributed by atoms with Crippen molar-refractivity contribution < 1.29 is 9.53 Å². The fraction of sp³-hybridized carbons (Fsp3) is 0.562. The lowest BCUT2D eigenvalue weighted by Gasteiger charge is -2.32. The molecule has 3 N–H and O–H groups in total. The molecule has 0 aliphatic carbocycles. The van der Waals surface area contributed by atoms with Crippen LogP contribution in [0.4, 0.5) is 0 Å². The molecule has 2 rings (SSSR count). The van der Waals surface area contributed by atoms with Gasteiger partial charge in [0.25, 0.3) is 0 Å². The standard InChI is InChI=1S/C16H24N2O2.ClH/c1-12-4-6-13(7-5-12)16-14(3-2-10-20-16)11-18-15(19)8-9-17;/h4-7,14,16H,2-3,8-11,17H2,1H3,(H,18,19);1H. The highest BCUT2D eigenvalue weighted by Gasteiger charge is 2.27. The molecular weight excluding hydrogens is 288 g/mol. The first-order valence-corrected chi connectivity index (χ1v) is 7.35. The molecule has 0 spiro atoms. The topological polar surface area (TPSA) is 64.3 Å². The molecule has 1 amide bonds. The first-order chi connectivity index (χ1) is 9.70. The number of rotatable bonds is 5. The zero-order valence-corrected chi connectivity index (χ0v) is 13.3. The fourth-order valence-electron chi connectivity index (χ4n) is 2.64. The number of hydrogen-bond donors (Lipinski definition) is 2. The SMILES string of the molecule is Cc1ccc(C2OCCCC2CNC(=O)CCN)cc1.Cl. The number of benzene rings is 1. The average Bonchev–Trinajstić information content (AvgIpc) is 2.47. The fourth-order valence-corrected chi connectivity index (χ4v) is 2.64. The lowest BCUT2D eigenvalue weighted by Crippen LogP contribution is -2.35. The van der Waals surface area contributed by atoms with Crippen LogP contribution in [0, 0.1) is 12.8 Å². The van der Waals surface area contributed by atoms with Crippen molar-refractivity contribution in [3.8, 4) is 0 Å². The predicted octanol–water partition coefficient (Wildman–Crippen LogP) is 2.35. The molecule has 0 aromatic heterocycles.